The summed E-state index contributed by atoms with van der Waals surface area (Å²) in [5, 5.41) is 11.0. The summed E-state index contributed by atoms with van der Waals surface area (Å²) in [5.74, 6) is -3.18. The Hall–Kier alpha value is -2.96. The fourth-order valence-corrected chi connectivity index (χ4v) is 8.00. The second-order valence-corrected chi connectivity index (χ2v) is 19.0. The van der Waals surface area contributed by atoms with Crippen LogP contribution in [0.4, 0.5) is 4.79 Å². The lowest BCUT2D eigenvalue weighted by atomic mass is 9.83. The van der Waals surface area contributed by atoms with Crippen molar-refractivity contribution in [3.05, 3.63) is 12.7 Å². The van der Waals surface area contributed by atoms with E-state index in [1.165, 1.54) is 0 Å². The molecule has 0 radical (unpaired) electrons. The summed E-state index contributed by atoms with van der Waals surface area (Å²) in [7, 11) is -3.52. The first-order valence-corrected chi connectivity index (χ1v) is 18.6. The third kappa shape index (κ3) is 9.35. The zero-order valence-electron chi connectivity index (χ0n) is 29.5. The average molecular weight is 680 g/mol. The molecule has 13 heteroatoms. The number of amides is 5. The number of urea groups is 1. The van der Waals surface area contributed by atoms with E-state index in [2.05, 4.69) is 41.7 Å². The number of hydrogen-bond acceptors (Lipinski definition) is 7. The van der Waals surface area contributed by atoms with Gasteiger partial charge in [0.1, 0.15) is 12.1 Å². The van der Waals surface area contributed by atoms with Crippen LogP contribution in [0, 0.1) is 23.2 Å². The van der Waals surface area contributed by atoms with Crippen molar-refractivity contribution in [2.24, 2.45) is 23.2 Å². The Morgan fingerprint density at radius 2 is 1.60 bits per heavy atom. The van der Waals surface area contributed by atoms with Crippen LogP contribution in [-0.2, 0) is 29.0 Å². The Kier molecular flexibility index (Phi) is 12.0. The van der Waals surface area contributed by atoms with E-state index in [0.717, 1.165) is 32.1 Å². The van der Waals surface area contributed by atoms with Crippen molar-refractivity contribution in [2.75, 3.05) is 18.8 Å². The monoisotopic (exact) mass is 679 g/mol. The van der Waals surface area contributed by atoms with Gasteiger partial charge in [-0.05, 0) is 90.4 Å². The lowest BCUT2D eigenvalue weighted by Crippen LogP contribution is -2.61. The average Bonchev–Trinajstić information content (AvgIpc) is 3.27. The fourth-order valence-electron chi connectivity index (χ4n) is 7.02. The molecule has 1 heterocycles. The number of hydrogen-bond donors (Lipinski definition) is 4. The number of carbonyl (C=O) groups excluding carboxylic acids is 5. The highest BCUT2D eigenvalue weighted by molar-refractivity contribution is 7.92. The lowest BCUT2D eigenvalue weighted by molar-refractivity contribution is -0.144. The topological polar surface area (TPSA) is 171 Å². The summed E-state index contributed by atoms with van der Waals surface area (Å²) in [6.07, 6.45) is 6.59. The van der Waals surface area contributed by atoms with E-state index in [4.69, 9.17) is 0 Å². The van der Waals surface area contributed by atoms with E-state index in [1.807, 2.05) is 20.8 Å². The number of nitrogens with zero attached hydrogens (tertiary/aromatic N) is 1. The molecule has 47 heavy (non-hydrogen) atoms. The van der Waals surface area contributed by atoms with E-state index in [1.54, 1.807) is 31.7 Å². The lowest BCUT2D eigenvalue weighted by Gasteiger charge is -2.37. The molecular weight excluding hydrogens is 622 g/mol. The van der Waals surface area contributed by atoms with Crippen molar-refractivity contribution in [2.45, 2.75) is 129 Å². The molecule has 1 saturated heterocycles. The normalized spacial score (nSPS) is 23.9. The first-order valence-electron chi connectivity index (χ1n) is 17.0. The third-order valence-electron chi connectivity index (χ3n) is 10.0. The Morgan fingerprint density at radius 3 is 2.15 bits per heavy atom. The maximum atomic E-state index is 14.3. The molecule has 5 unspecified atom stereocenters. The third-order valence-corrected chi connectivity index (χ3v) is 12.6. The number of likely N-dealkylation sites (tertiary alicyclic amines) is 1. The van der Waals surface area contributed by atoms with Crippen LogP contribution in [0.25, 0.3) is 0 Å². The molecule has 3 rings (SSSR count). The minimum atomic E-state index is -3.52. The van der Waals surface area contributed by atoms with Gasteiger partial charge in [-0.25, -0.2) is 13.2 Å². The molecule has 5 atom stereocenters. The van der Waals surface area contributed by atoms with E-state index < -0.39 is 61.9 Å². The Labute approximate surface area is 280 Å². The first-order chi connectivity index (χ1) is 21.6. The van der Waals surface area contributed by atoms with Gasteiger partial charge in [0.2, 0.25) is 17.6 Å². The number of piperidine rings is 1. The van der Waals surface area contributed by atoms with Gasteiger partial charge in [-0.15, -0.1) is 6.58 Å². The molecule has 4 N–H and O–H groups in total. The number of Topliss-reactive ketones (excluding diaryl/α,β-unsaturated/α-hetero) is 1. The Balaban J connectivity index is 1.80. The van der Waals surface area contributed by atoms with Gasteiger partial charge < -0.3 is 26.2 Å². The van der Waals surface area contributed by atoms with E-state index in [9.17, 15) is 32.4 Å². The second-order valence-electron chi connectivity index (χ2n) is 16.1. The Bertz CT molecular complexity index is 1320. The van der Waals surface area contributed by atoms with E-state index >= 15 is 0 Å². The number of fused-ring (bicyclic) bond motifs is 1. The summed E-state index contributed by atoms with van der Waals surface area (Å²) in [6.45, 7) is 18.2. The molecule has 3 aliphatic rings. The molecule has 12 nitrogen and oxygen atoms in total. The minimum absolute atomic E-state index is 0.0664. The molecule has 3 fully saturated rings. The zero-order chi connectivity index (χ0) is 35.5. The molecule has 0 aromatic carbocycles. The molecule has 0 aromatic heterocycles. The van der Waals surface area contributed by atoms with Gasteiger partial charge in [0.25, 0.3) is 5.91 Å². The van der Waals surface area contributed by atoms with Gasteiger partial charge in [0, 0.05) is 18.6 Å². The first kappa shape index (κ1) is 38.5. The number of sulfone groups is 1. The number of ketones is 1. The summed E-state index contributed by atoms with van der Waals surface area (Å²) in [4.78, 5) is 69.1. The van der Waals surface area contributed by atoms with Gasteiger partial charge in [-0.3, -0.25) is 19.2 Å². The van der Waals surface area contributed by atoms with Crippen LogP contribution >= 0.6 is 0 Å². The molecule has 266 valence electrons. The van der Waals surface area contributed by atoms with Crippen LogP contribution in [-0.4, -0.2) is 90.1 Å². The van der Waals surface area contributed by atoms with Crippen molar-refractivity contribution in [1.29, 1.82) is 0 Å². The zero-order valence-corrected chi connectivity index (χ0v) is 30.3. The van der Waals surface area contributed by atoms with Crippen molar-refractivity contribution in [3.63, 3.8) is 0 Å². The molecule has 2 saturated carbocycles. The summed E-state index contributed by atoms with van der Waals surface area (Å²) >= 11 is 0. The maximum absolute atomic E-state index is 14.3. The van der Waals surface area contributed by atoms with Crippen molar-refractivity contribution in [3.8, 4) is 0 Å². The van der Waals surface area contributed by atoms with Gasteiger partial charge in [0.15, 0.2) is 9.84 Å². The standard InChI is InChI=1S/C34H57N5O7S/c1-10-11-17-23(27(40)29(42)35-18-19-47(45,46)33(5,6)7)36-28(41)26-24-22(34(24,8)9)20-39(26)30(43)25(21-15-13-12-14-16-21)37-31(44)38-32(2,3)4/h10,21-26H,1,11-20H2,2-9H3,(H,35,42)(H,36,41)(H2,37,38,44). The summed E-state index contributed by atoms with van der Waals surface area (Å²) in [6, 6.07) is -3.31. The van der Waals surface area contributed by atoms with Crippen LogP contribution in [0.1, 0.15) is 100 Å². The summed E-state index contributed by atoms with van der Waals surface area (Å²) < 4.78 is 23.9. The predicted molar refractivity (Wildman–Crippen MR) is 181 cm³/mol. The predicted octanol–water partition coefficient (Wildman–Crippen LogP) is 2.87. The van der Waals surface area contributed by atoms with Crippen LogP contribution in [0.5, 0.6) is 0 Å². The van der Waals surface area contributed by atoms with Crippen LogP contribution < -0.4 is 21.3 Å². The highest BCUT2D eigenvalue weighted by Gasteiger charge is 2.69. The number of rotatable bonds is 13. The fraction of sp³-hybridized carbons (Fsp3) is 0.794. The highest BCUT2D eigenvalue weighted by Crippen LogP contribution is 2.65. The smallest absolute Gasteiger partial charge is 0.315 e. The van der Waals surface area contributed by atoms with Crippen LogP contribution in [0.3, 0.4) is 0 Å². The van der Waals surface area contributed by atoms with Crippen LogP contribution in [0.15, 0.2) is 12.7 Å². The second kappa shape index (κ2) is 14.7. The van der Waals surface area contributed by atoms with Gasteiger partial charge in [0.05, 0.1) is 16.5 Å². The van der Waals surface area contributed by atoms with E-state index in [0.29, 0.717) is 13.0 Å². The molecule has 0 spiro atoms. The number of allylic oxidation sites excluding steroid dienone is 1. The largest absolute Gasteiger partial charge is 0.348 e. The minimum Gasteiger partial charge on any atom is -0.348 e. The molecule has 5 amide bonds. The molecule has 0 aromatic rings. The van der Waals surface area contributed by atoms with E-state index in [-0.39, 0.29) is 47.8 Å². The van der Waals surface area contributed by atoms with Crippen molar-refractivity contribution >= 4 is 39.4 Å². The summed E-state index contributed by atoms with van der Waals surface area (Å²) in [5.41, 5.74) is -0.710. The Morgan fingerprint density at radius 1 is 0.979 bits per heavy atom. The molecular formula is C34H57N5O7S. The van der Waals surface area contributed by atoms with Crippen LogP contribution in [0.2, 0.25) is 0 Å². The maximum Gasteiger partial charge on any atom is 0.315 e. The van der Waals surface area contributed by atoms with Crippen molar-refractivity contribution < 1.29 is 32.4 Å². The highest BCUT2D eigenvalue weighted by atomic mass is 32.2. The molecule has 1 aliphatic heterocycles. The SMILES string of the molecule is C=CCCC(NC(=O)C1C2C(CN1C(=O)C(NC(=O)NC(C)(C)C)C1CCCCC1)C2(C)C)C(=O)C(=O)NCCS(=O)(=O)C(C)(C)C. The number of carbonyl (C=O) groups is 5. The van der Waals surface area contributed by atoms with Gasteiger partial charge in [-0.2, -0.15) is 0 Å². The quantitative estimate of drug-likeness (QED) is 0.171. The van der Waals surface area contributed by atoms with Gasteiger partial charge in [-0.1, -0.05) is 39.2 Å². The van der Waals surface area contributed by atoms with Gasteiger partial charge >= 0.3 is 6.03 Å². The molecule has 0 bridgehead atoms. The number of nitrogens with one attached hydrogen (secondary N) is 4. The molecule has 2 aliphatic carbocycles. The van der Waals surface area contributed by atoms with Crippen molar-refractivity contribution in [1.82, 2.24) is 26.2 Å².